The van der Waals surface area contributed by atoms with Gasteiger partial charge in [-0.05, 0) is 13.8 Å². The Labute approximate surface area is 224 Å². The molecule has 2 N–H and O–H groups in total. The fraction of sp³-hybridized carbons (Fsp3) is 0.833. The van der Waals surface area contributed by atoms with Gasteiger partial charge in [0.1, 0.15) is 13.1 Å². The summed E-state index contributed by atoms with van der Waals surface area (Å²) in [5, 5.41) is 5.11. The first-order valence-electron chi connectivity index (χ1n) is 13.0. The molecule has 1 heterocycles. The van der Waals surface area contributed by atoms with Crippen molar-refractivity contribution < 1.29 is 47.6 Å². The van der Waals surface area contributed by atoms with E-state index in [1.54, 1.807) is 13.8 Å². The van der Waals surface area contributed by atoms with Crippen LogP contribution in [0.15, 0.2) is 0 Å². The van der Waals surface area contributed by atoms with Crippen LogP contribution in [0.4, 0.5) is 0 Å². The van der Waals surface area contributed by atoms with E-state index in [1.165, 1.54) is 0 Å². The molecule has 0 radical (unpaired) electrons. The van der Waals surface area contributed by atoms with Crippen LogP contribution in [-0.2, 0) is 47.6 Å². The first kappa shape index (κ1) is 33.7. The fourth-order valence-corrected chi connectivity index (χ4v) is 3.24. The summed E-state index contributed by atoms with van der Waals surface area (Å²) in [4.78, 5) is 51.1. The Morgan fingerprint density at radius 3 is 1.18 bits per heavy atom. The molecule has 0 aliphatic carbocycles. The highest BCUT2D eigenvalue weighted by atomic mass is 16.5. The lowest BCUT2D eigenvalue weighted by molar-refractivity contribution is -0.144. The largest absolute Gasteiger partial charge is 0.465 e. The molecule has 0 saturated carbocycles. The maximum atomic E-state index is 12.2. The normalized spacial score (nSPS) is 17.9. The van der Waals surface area contributed by atoms with E-state index in [0.29, 0.717) is 79.0 Å². The van der Waals surface area contributed by atoms with Gasteiger partial charge in [-0.15, -0.1) is 0 Å². The molecule has 220 valence electrons. The molecule has 38 heavy (non-hydrogen) atoms. The second kappa shape index (κ2) is 22.6. The molecule has 1 fully saturated rings. The second-order valence-electron chi connectivity index (χ2n) is 8.17. The molecule has 0 aromatic carbocycles. The van der Waals surface area contributed by atoms with E-state index in [1.807, 2.05) is 9.80 Å². The predicted molar refractivity (Wildman–Crippen MR) is 135 cm³/mol. The molecule has 14 heteroatoms. The van der Waals surface area contributed by atoms with Crippen molar-refractivity contribution >= 4 is 23.8 Å². The minimum Gasteiger partial charge on any atom is -0.465 e. The van der Waals surface area contributed by atoms with E-state index < -0.39 is 11.9 Å². The van der Waals surface area contributed by atoms with Crippen LogP contribution in [0.5, 0.6) is 0 Å². The van der Waals surface area contributed by atoms with E-state index in [4.69, 9.17) is 28.4 Å². The number of amides is 2. The topological polar surface area (TPSA) is 154 Å². The van der Waals surface area contributed by atoms with Crippen molar-refractivity contribution in [3.8, 4) is 0 Å². The third-order valence-electron chi connectivity index (χ3n) is 5.16. The lowest BCUT2D eigenvalue weighted by atomic mass is 10.4. The first-order chi connectivity index (χ1) is 18.4. The van der Waals surface area contributed by atoms with Gasteiger partial charge >= 0.3 is 11.9 Å². The Morgan fingerprint density at radius 2 is 0.895 bits per heavy atom. The number of esters is 2. The Bertz CT molecular complexity index is 607. The number of hydrogen-bond acceptors (Lipinski definition) is 12. The van der Waals surface area contributed by atoms with Crippen LogP contribution in [-0.4, -0.2) is 152 Å². The van der Waals surface area contributed by atoms with Crippen molar-refractivity contribution in [2.75, 3.05) is 118 Å². The molecule has 2 amide bonds. The zero-order valence-electron chi connectivity index (χ0n) is 22.7. The Balaban J connectivity index is 2.43. The van der Waals surface area contributed by atoms with Crippen LogP contribution in [0, 0.1) is 0 Å². The number of hydrogen-bond donors (Lipinski definition) is 2. The molecular formula is C24H44N4O10. The van der Waals surface area contributed by atoms with E-state index in [0.717, 1.165) is 0 Å². The maximum Gasteiger partial charge on any atom is 0.325 e. The van der Waals surface area contributed by atoms with Gasteiger partial charge in [0.2, 0.25) is 11.8 Å². The summed E-state index contributed by atoms with van der Waals surface area (Å²) < 4.78 is 32.2. The zero-order chi connectivity index (χ0) is 27.8. The minimum atomic E-state index is -0.479. The highest BCUT2D eigenvalue weighted by Crippen LogP contribution is 1.95. The van der Waals surface area contributed by atoms with Crippen LogP contribution in [0.2, 0.25) is 0 Å². The quantitative estimate of drug-likeness (QED) is 0.291. The van der Waals surface area contributed by atoms with Crippen molar-refractivity contribution in [1.29, 1.82) is 0 Å². The van der Waals surface area contributed by atoms with Crippen molar-refractivity contribution in [2.45, 2.75) is 13.8 Å². The average molecular weight is 549 g/mol. The number of carbonyl (C=O) groups is 4. The van der Waals surface area contributed by atoms with Gasteiger partial charge in [0.15, 0.2) is 0 Å². The summed E-state index contributed by atoms with van der Waals surface area (Å²) >= 11 is 0. The number of nitrogens with one attached hydrogen (secondary N) is 2. The molecule has 0 spiro atoms. The summed E-state index contributed by atoms with van der Waals surface area (Å²) in [6.07, 6.45) is 0. The lowest BCUT2D eigenvalue weighted by Crippen LogP contribution is -2.42. The van der Waals surface area contributed by atoms with E-state index in [2.05, 4.69) is 10.6 Å². The lowest BCUT2D eigenvalue weighted by Gasteiger charge is -2.23. The molecule has 0 unspecified atom stereocenters. The van der Waals surface area contributed by atoms with Crippen molar-refractivity contribution in [3.05, 3.63) is 0 Å². The second-order valence-corrected chi connectivity index (χ2v) is 8.17. The Hall–Kier alpha value is -2.36. The molecule has 1 rings (SSSR count). The molecule has 14 nitrogen and oxygen atoms in total. The molecule has 1 aliphatic heterocycles. The first-order valence-corrected chi connectivity index (χ1v) is 13.0. The van der Waals surface area contributed by atoms with Crippen molar-refractivity contribution in [1.82, 2.24) is 20.4 Å². The molecule has 0 aromatic heterocycles. The van der Waals surface area contributed by atoms with E-state index in [9.17, 15) is 19.2 Å². The average Bonchev–Trinajstić information content (AvgIpc) is 2.88. The molecule has 0 aromatic rings. The van der Waals surface area contributed by atoms with Gasteiger partial charge in [-0.3, -0.25) is 29.0 Å². The third kappa shape index (κ3) is 18.8. The Kier molecular flexibility index (Phi) is 20.0. The van der Waals surface area contributed by atoms with Gasteiger partial charge in [0.05, 0.1) is 79.2 Å². The number of carbonyl (C=O) groups excluding carboxylic acids is 4. The highest BCUT2D eigenvalue weighted by molar-refractivity contribution is 5.83. The van der Waals surface area contributed by atoms with Gasteiger partial charge in [0, 0.05) is 26.2 Å². The third-order valence-corrected chi connectivity index (χ3v) is 5.16. The molecule has 1 aliphatic rings. The van der Waals surface area contributed by atoms with Gasteiger partial charge in [-0.2, -0.15) is 0 Å². The highest BCUT2D eigenvalue weighted by Gasteiger charge is 2.14. The smallest absolute Gasteiger partial charge is 0.325 e. The standard InChI is InChI=1S/C24H44N4O10/c1-3-37-23(31)17-25-21(29)19-27-5-9-33-13-15-35-11-7-28(8-12-36-16-14-34-10-6-27)20-22(30)26-18-24(32)38-4-2/h3-20H2,1-2H3,(H,25,29)(H,26,30). The maximum absolute atomic E-state index is 12.2. The monoisotopic (exact) mass is 548 g/mol. The van der Waals surface area contributed by atoms with Crippen molar-refractivity contribution in [3.63, 3.8) is 0 Å². The molecule has 0 bridgehead atoms. The summed E-state index contributed by atoms with van der Waals surface area (Å²) in [5.41, 5.74) is 0. The zero-order valence-corrected chi connectivity index (χ0v) is 22.7. The van der Waals surface area contributed by atoms with Gasteiger partial charge in [0.25, 0.3) is 0 Å². The molecular weight excluding hydrogens is 504 g/mol. The summed E-state index contributed by atoms with van der Waals surface area (Å²) in [7, 11) is 0. The van der Waals surface area contributed by atoms with Crippen LogP contribution < -0.4 is 10.6 Å². The predicted octanol–water partition coefficient (Wildman–Crippen LogP) is -1.97. The van der Waals surface area contributed by atoms with Crippen LogP contribution in [0.1, 0.15) is 13.8 Å². The fourth-order valence-electron chi connectivity index (χ4n) is 3.24. The number of ether oxygens (including phenoxy) is 6. The minimum absolute atomic E-state index is 0.0995. The van der Waals surface area contributed by atoms with Crippen LogP contribution >= 0.6 is 0 Å². The van der Waals surface area contributed by atoms with Crippen LogP contribution in [0.3, 0.4) is 0 Å². The van der Waals surface area contributed by atoms with Crippen LogP contribution in [0.25, 0.3) is 0 Å². The molecule has 1 saturated heterocycles. The summed E-state index contributed by atoms with van der Waals surface area (Å²) in [6.45, 7) is 8.88. The summed E-state index contributed by atoms with van der Waals surface area (Å²) in [6, 6.07) is 0. The number of rotatable bonds is 10. The number of nitrogens with zero attached hydrogens (tertiary/aromatic N) is 2. The van der Waals surface area contributed by atoms with Gasteiger partial charge in [-0.25, -0.2) is 0 Å². The Morgan fingerprint density at radius 1 is 0.579 bits per heavy atom. The molecule has 0 atom stereocenters. The SMILES string of the molecule is CCOC(=O)CNC(=O)CN1CCOCCOCCN(CC(=O)NCC(=O)OCC)CCOCCOCC1. The van der Waals surface area contributed by atoms with E-state index in [-0.39, 0.29) is 51.2 Å². The van der Waals surface area contributed by atoms with Gasteiger partial charge < -0.3 is 39.1 Å². The summed E-state index contributed by atoms with van der Waals surface area (Å²) in [5.74, 6) is -1.53. The van der Waals surface area contributed by atoms with Crippen molar-refractivity contribution in [2.24, 2.45) is 0 Å². The van der Waals surface area contributed by atoms with E-state index >= 15 is 0 Å². The van der Waals surface area contributed by atoms with Gasteiger partial charge in [-0.1, -0.05) is 0 Å².